The quantitative estimate of drug-likeness (QED) is 0.577. The molecule has 2 nitrogen and oxygen atoms in total. The van der Waals surface area contributed by atoms with E-state index in [-0.39, 0.29) is 5.41 Å². The van der Waals surface area contributed by atoms with Crippen LogP contribution in [0.15, 0.2) is 48.5 Å². The number of benzene rings is 3. The van der Waals surface area contributed by atoms with E-state index in [1.165, 1.54) is 22.3 Å². The molecule has 3 aromatic rings. The predicted molar refractivity (Wildman–Crippen MR) is 108 cm³/mol. The highest BCUT2D eigenvalue weighted by Gasteiger charge is 2.42. The van der Waals surface area contributed by atoms with E-state index in [0.29, 0.717) is 5.75 Å². The molecule has 1 aliphatic carbocycles. The summed E-state index contributed by atoms with van der Waals surface area (Å²) >= 11 is 0. The summed E-state index contributed by atoms with van der Waals surface area (Å²) in [5.41, 5.74) is 5.32. The summed E-state index contributed by atoms with van der Waals surface area (Å²) in [6, 6.07) is 16.8. The van der Waals surface area contributed by atoms with E-state index in [9.17, 15) is 5.11 Å². The SMILES string of the molecule is CCCC1(CCC)c2ccccc2-c2c1cc(O)c1cc(OC)ccc21. The molecule has 0 heterocycles. The lowest BCUT2D eigenvalue weighted by molar-refractivity contribution is 0.415. The molecule has 0 spiro atoms. The zero-order valence-corrected chi connectivity index (χ0v) is 15.8. The van der Waals surface area contributed by atoms with Crippen LogP contribution < -0.4 is 4.74 Å². The molecule has 26 heavy (non-hydrogen) atoms. The molecule has 134 valence electrons. The molecule has 4 rings (SSSR count). The van der Waals surface area contributed by atoms with Crippen molar-refractivity contribution in [2.75, 3.05) is 7.11 Å². The average molecular weight is 346 g/mol. The van der Waals surface area contributed by atoms with E-state index in [1.807, 2.05) is 18.2 Å². The molecule has 0 aliphatic heterocycles. The van der Waals surface area contributed by atoms with Crippen LogP contribution in [0.25, 0.3) is 21.9 Å². The van der Waals surface area contributed by atoms with Crippen LogP contribution in [0.4, 0.5) is 0 Å². The van der Waals surface area contributed by atoms with Gasteiger partial charge in [-0.2, -0.15) is 0 Å². The van der Waals surface area contributed by atoms with Crippen LogP contribution in [-0.4, -0.2) is 12.2 Å². The standard InChI is InChI=1S/C24H26O2/c1-4-12-24(13-5-2)20-9-7-6-8-18(20)23-17-11-10-16(26-3)14-19(17)22(25)15-21(23)24/h6-11,14-15,25H,4-5,12-13H2,1-3H3. The number of ether oxygens (including phenoxy) is 1. The molecular weight excluding hydrogens is 320 g/mol. The molecule has 3 aromatic carbocycles. The first-order valence-electron chi connectivity index (χ1n) is 9.60. The Bertz CT molecular complexity index is 965. The molecule has 0 saturated carbocycles. The highest BCUT2D eigenvalue weighted by Crippen LogP contribution is 2.57. The van der Waals surface area contributed by atoms with Crippen molar-refractivity contribution in [1.29, 1.82) is 0 Å². The normalized spacial score (nSPS) is 14.3. The minimum Gasteiger partial charge on any atom is -0.507 e. The van der Waals surface area contributed by atoms with E-state index in [2.05, 4.69) is 44.2 Å². The van der Waals surface area contributed by atoms with Crippen molar-refractivity contribution >= 4 is 10.8 Å². The van der Waals surface area contributed by atoms with Gasteiger partial charge in [-0.3, -0.25) is 0 Å². The van der Waals surface area contributed by atoms with Gasteiger partial charge in [0.15, 0.2) is 0 Å². The molecule has 0 radical (unpaired) electrons. The van der Waals surface area contributed by atoms with Crippen LogP contribution in [-0.2, 0) is 5.41 Å². The van der Waals surface area contributed by atoms with Crippen LogP contribution >= 0.6 is 0 Å². The molecule has 0 saturated heterocycles. The fourth-order valence-electron chi connectivity index (χ4n) is 4.96. The maximum atomic E-state index is 10.8. The number of methoxy groups -OCH3 is 1. The van der Waals surface area contributed by atoms with Gasteiger partial charge in [0.25, 0.3) is 0 Å². The number of hydrogen-bond acceptors (Lipinski definition) is 2. The van der Waals surface area contributed by atoms with Crippen LogP contribution in [0.2, 0.25) is 0 Å². The summed E-state index contributed by atoms with van der Waals surface area (Å²) in [7, 11) is 1.66. The van der Waals surface area contributed by atoms with Gasteiger partial charge in [-0.15, -0.1) is 0 Å². The smallest absolute Gasteiger partial charge is 0.123 e. The number of hydrogen-bond donors (Lipinski definition) is 1. The van der Waals surface area contributed by atoms with Crippen molar-refractivity contribution in [3.05, 3.63) is 59.7 Å². The zero-order valence-electron chi connectivity index (χ0n) is 15.8. The second-order valence-electron chi connectivity index (χ2n) is 7.36. The zero-order chi connectivity index (χ0) is 18.3. The molecule has 0 amide bonds. The van der Waals surface area contributed by atoms with E-state index in [4.69, 9.17) is 4.74 Å². The van der Waals surface area contributed by atoms with Gasteiger partial charge in [0.1, 0.15) is 11.5 Å². The van der Waals surface area contributed by atoms with Crippen molar-refractivity contribution in [2.45, 2.75) is 44.9 Å². The number of rotatable bonds is 5. The number of fused-ring (bicyclic) bond motifs is 5. The Hall–Kier alpha value is -2.48. The topological polar surface area (TPSA) is 29.5 Å². The number of phenols is 1. The summed E-state index contributed by atoms with van der Waals surface area (Å²) < 4.78 is 5.37. The van der Waals surface area contributed by atoms with E-state index < -0.39 is 0 Å². The highest BCUT2D eigenvalue weighted by molar-refractivity contribution is 6.05. The monoisotopic (exact) mass is 346 g/mol. The Morgan fingerprint density at radius 1 is 0.885 bits per heavy atom. The lowest BCUT2D eigenvalue weighted by Gasteiger charge is -2.32. The minimum atomic E-state index is 0.00102. The lowest BCUT2D eigenvalue weighted by atomic mass is 9.71. The van der Waals surface area contributed by atoms with E-state index >= 15 is 0 Å². The molecule has 0 bridgehead atoms. The van der Waals surface area contributed by atoms with Crippen LogP contribution in [0.3, 0.4) is 0 Å². The Kier molecular flexibility index (Phi) is 4.14. The van der Waals surface area contributed by atoms with Gasteiger partial charge in [0, 0.05) is 10.8 Å². The van der Waals surface area contributed by atoms with Crippen molar-refractivity contribution < 1.29 is 9.84 Å². The molecule has 1 N–H and O–H groups in total. The molecule has 0 unspecified atom stereocenters. The molecule has 0 aromatic heterocycles. The largest absolute Gasteiger partial charge is 0.507 e. The first kappa shape index (κ1) is 17.0. The first-order chi connectivity index (χ1) is 12.7. The summed E-state index contributed by atoms with van der Waals surface area (Å²) in [5.74, 6) is 1.12. The van der Waals surface area contributed by atoms with Crippen LogP contribution in [0.5, 0.6) is 11.5 Å². The van der Waals surface area contributed by atoms with Gasteiger partial charge in [-0.05, 0) is 64.7 Å². The summed E-state index contributed by atoms with van der Waals surface area (Å²) in [5, 5.41) is 12.8. The van der Waals surface area contributed by atoms with Crippen LogP contribution in [0, 0.1) is 0 Å². The first-order valence-corrected chi connectivity index (χ1v) is 9.60. The summed E-state index contributed by atoms with van der Waals surface area (Å²) in [4.78, 5) is 0. The summed E-state index contributed by atoms with van der Waals surface area (Å²) in [6.45, 7) is 4.51. The van der Waals surface area contributed by atoms with Crippen molar-refractivity contribution in [3.8, 4) is 22.6 Å². The third kappa shape index (κ3) is 2.25. The Balaban J connectivity index is 2.12. The Morgan fingerprint density at radius 2 is 1.62 bits per heavy atom. The summed E-state index contributed by atoms with van der Waals surface area (Å²) in [6.07, 6.45) is 4.45. The highest BCUT2D eigenvalue weighted by atomic mass is 16.5. The molecule has 0 atom stereocenters. The van der Waals surface area contributed by atoms with Gasteiger partial charge < -0.3 is 9.84 Å². The lowest BCUT2D eigenvalue weighted by Crippen LogP contribution is -2.24. The molecule has 2 heteroatoms. The third-order valence-electron chi connectivity index (χ3n) is 5.90. The van der Waals surface area contributed by atoms with Crippen LogP contribution in [0.1, 0.15) is 50.7 Å². The number of aromatic hydroxyl groups is 1. The van der Waals surface area contributed by atoms with Crippen molar-refractivity contribution in [3.63, 3.8) is 0 Å². The van der Waals surface area contributed by atoms with E-state index in [1.54, 1.807) is 7.11 Å². The minimum absolute atomic E-state index is 0.00102. The molecular formula is C24H26O2. The Morgan fingerprint density at radius 3 is 2.31 bits per heavy atom. The third-order valence-corrected chi connectivity index (χ3v) is 5.90. The van der Waals surface area contributed by atoms with Crippen molar-refractivity contribution in [2.24, 2.45) is 0 Å². The second kappa shape index (κ2) is 6.35. The molecule has 1 aliphatic rings. The fourth-order valence-corrected chi connectivity index (χ4v) is 4.96. The maximum Gasteiger partial charge on any atom is 0.123 e. The van der Waals surface area contributed by atoms with Gasteiger partial charge in [0.05, 0.1) is 7.11 Å². The van der Waals surface area contributed by atoms with E-state index in [0.717, 1.165) is 42.2 Å². The predicted octanol–water partition coefficient (Wildman–Crippen LogP) is 6.42. The molecule has 0 fully saturated rings. The van der Waals surface area contributed by atoms with Crippen molar-refractivity contribution in [1.82, 2.24) is 0 Å². The van der Waals surface area contributed by atoms with Gasteiger partial charge in [-0.25, -0.2) is 0 Å². The second-order valence-corrected chi connectivity index (χ2v) is 7.36. The fraction of sp³-hybridized carbons (Fsp3) is 0.333. The van der Waals surface area contributed by atoms with Gasteiger partial charge in [0.2, 0.25) is 0 Å². The Labute approximate surface area is 155 Å². The number of phenolic OH excluding ortho intramolecular Hbond substituents is 1. The maximum absolute atomic E-state index is 10.8. The van der Waals surface area contributed by atoms with Gasteiger partial charge >= 0.3 is 0 Å². The van der Waals surface area contributed by atoms with Gasteiger partial charge in [-0.1, -0.05) is 51.0 Å². The average Bonchev–Trinajstić information content (AvgIpc) is 2.92.